The SMILES string of the molecule is C=C(COc1ccccc1F)[B-](F)(F)F. The number of benzene rings is 1. The quantitative estimate of drug-likeness (QED) is 0.558. The third-order valence-electron chi connectivity index (χ3n) is 1.71. The van der Waals surface area contributed by atoms with E-state index in [1.165, 1.54) is 18.2 Å². The molecule has 0 heterocycles. The van der Waals surface area contributed by atoms with E-state index in [4.69, 9.17) is 0 Å². The Morgan fingerprint density at radius 1 is 1.27 bits per heavy atom. The van der Waals surface area contributed by atoms with E-state index in [9.17, 15) is 17.3 Å². The van der Waals surface area contributed by atoms with Crippen molar-refractivity contribution in [2.24, 2.45) is 0 Å². The Morgan fingerprint density at radius 2 is 1.87 bits per heavy atom. The zero-order valence-corrected chi connectivity index (χ0v) is 7.72. The number of hydrogen-bond donors (Lipinski definition) is 0. The molecule has 0 unspecified atom stereocenters. The molecule has 0 aliphatic rings. The van der Waals surface area contributed by atoms with Gasteiger partial charge in [0.15, 0.2) is 11.6 Å². The van der Waals surface area contributed by atoms with E-state index in [1.807, 2.05) is 0 Å². The minimum Gasteiger partial charge on any atom is -0.489 e. The molecule has 0 saturated heterocycles. The van der Waals surface area contributed by atoms with Crippen molar-refractivity contribution in [3.8, 4) is 5.75 Å². The van der Waals surface area contributed by atoms with Crippen LogP contribution in [-0.2, 0) is 0 Å². The molecule has 0 saturated carbocycles. The predicted molar refractivity (Wildman–Crippen MR) is 50.1 cm³/mol. The monoisotopic (exact) mass is 219 g/mol. The molecule has 0 aliphatic heterocycles. The molecule has 1 nitrogen and oxygen atoms in total. The van der Waals surface area contributed by atoms with Gasteiger partial charge >= 0.3 is 6.98 Å². The van der Waals surface area contributed by atoms with Crippen LogP contribution in [0, 0.1) is 5.82 Å². The maximum absolute atomic E-state index is 12.9. The van der Waals surface area contributed by atoms with Crippen LogP contribution in [0.2, 0.25) is 0 Å². The lowest BCUT2D eigenvalue weighted by molar-refractivity contribution is 0.328. The third-order valence-corrected chi connectivity index (χ3v) is 1.71. The number of ether oxygens (including phenoxy) is 1. The molecule has 1 aromatic carbocycles. The Labute approximate surface area is 84.4 Å². The summed E-state index contributed by atoms with van der Waals surface area (Å²) in [6.07, 6.45) is 0. The van der Waals surface area contributed by atoms with Gasteiger partial charge in [-0.1, -0.05) is 12.1 Å². The van der Waals surface area contributed by atoms with E-state index < -0.39 is 24.9 Å². The summed E-state index contributed by atoms with van der Waals surface area (Å²) in [5, 5.41) is 0. The van der Waals surface area contributed by atoms with Crippen molar-refractivity contribution in [1.29, 1.82) is 0 Å². The summed E-state index contributed by atoms with van der Waals surface area (Å²) in [7, 11) is 0. The smallest absolute Gasteiger partial charge is 0.489 e. The van der Waals surface area contributed by atoms with Crippen LogP contribution in [0.5, 0.6) is 5.75 Å². The molecule has 1 aromatic rings. The fraction of sp³-hybridized carbons (Fsp3) is 0.111. The summed E-state index contributed by atoms with van der Waals surface area (Å²) >= 11 is 0. The Hall–Kier alpha value is -1.46. The van der Waals surface area contributed by atoms with Crippen LogP contribution in [0.25, 0.3) is 0 Å². The van der Waals surface area contributed by atoms with E-state index in [2.05, 4.69) is 11.3 Å². The van der Waals surface area contributed by atoms with Gasteiger partial charge in [-0.2, -0.15) is 0 Å². The molecule has 0 bridgehead atoms. The van der Waals surface area contributed by atoms with Gasteiger partial charge in [-0.3, -0.25) is 0 Å². The maximum atomic E-state index is 12.9. The van der Waals surface area contributed by atoms with Crippen LogP contribution in [0.1, 0.15) is 0 Å². The maximum Gasteiger partial charge on any atom is 0.508 e. The standard InChI is InChI=1S/C9H8BF4O/c1-7(10(12,13)14)6-15-9-5-3-2-4-8(9)11/h2-5H,1,6H2/q-1. The summed E-state index contributed by atoms with van der Waals surface area (Å²) in [5.74, 6) is -0.904. The van der Waals surface area contributed by atoms with Crippen LogP contribution in [0.15, 0.2) is 36.3 Å². The van der Waals surface area contributed by atoms with Gasteiger partial charge in [0, 0.05) is 0 Å². The topological polar surface area (TPSA) is 9.23 Å². The lowest BCUT2D eigenvalue weighted by Crippen LogP contribution is -2.23. The minimum atomic E-state index is -5.12. The fourth-order valence-corrected chi connectivity index (χ4v) is 0.827. The van der Waals surface area contributed by atoms with Gasteiger partial charge in [0.25, 0.3) is 0 Å². The Morgan fingerprint density at radius 3 is 2.40 bits per heavy atom. The molecular weight excluding hydrogens is 211 g/mol. The lowest BCUT2D eigenvalue weighted by Gasteiger charge is -2.18. The van der Waals surface area contributed by atoms with Crippen LogP contribution >= 0.6 is 0 Å². The zero-order chi connectivity index (χ0) is 11.5. The molecular formula is C9H8BF4O-. The molecule has 15 heavy (non-hydrogen) atoms. The number of rotatable bonds is 4. The van der Waals surface area contributed by atoms with Crippen molar-refractivity contribution < 1.29 is 22.1 Å². The molecule has 1 rings (SSSR count). The van der Waals surface area contributed by atoms with E-state index in [-0.39, 0.29) is 5.75 Å². The van der Waals surface area contributed by atoms with Crippen molar-refractivity contribution >= 4 is 6.98 Å². The van der Waals surface area contributed by atoms with E-state index in [0.717, 1.165) is 6.07 Å². The molecule has 0 radical (unpaired) electrons. The Bertz CT molecular complexity index is 361. The molecule has 0 amide bonds. The van der Waals surface area contributed by atoms with Gasteiger partial charge in [-0.15, -0.1) is 12.1 Å². The second-order valence-corrected chi connectivity index (χ2v) is 2.95. The Kier molecular flexibility index (Phi) is 3.39. The van der Waals surface area contributed by atoms with Crippen LogP contribution in [0.3, 0.4) is 0 Å². The first-order valence-corrected chi connectivity index (χ1v) is 4.16. The van der Waals surface area contributed by atoms with Gasteiger partial charge in [0.05, 0.1) is 6.61 Å². The molecule has 0 fully saturated rings. The number of halogens is 4. The molecule has 6 heteroatoms. The fourth-order valence-electron chi connectivity index (χ4n) is 0.827. The van der Waals surface area contributed by atoms with Crippen LogP contribution in [0.4, 0.5) is 17.3 Å². The highest BCUT2D eigenvalue weighted by Gasteiger charge is 2.27. The van der Waals surface area contributed by atoms with E-state index >= 15 is 0 Å². The lowest BCUT2D eigenvalue weighted by atomic mass is 9.81. The zero-order valence-electron chi connectivity index (χ0n) is 7.72. The second-order valence-electron chi connectivity index (χ2n) is 2.95. The van der Waals surface area contributed by atoms with Crippen LogP contribution in [-0.4, -0.2) is 13.6 Å². The van der Waals surface area contributed by atoms with Crippen molar-refractivity contribution in [2.45, 2.75) is 0 Å². The predicted octanol–water partition coefficient (Wildman–Crippen LogP) is 3.15. The average Bonchev–Trinajstić information content (AvgIpc) is 2.14. The highest BCUT2D eigenvalue weighted by molar-refractivity contribution is 6.66. The first-order valence-electron chi connectivity index (χ1n) is 4.16. The van der Waals surface area contributed by atoms with E-state index in [0.29, 0.717) is 0 Å². The first-order chi connectivity index (χ1) is 6.91. The van der Waals surface area contributed by atoms with Gasteiger partial charge in [-0.05, 0) is 12.1 Å². The largest absolute Gasteiger partial charge is 0.508 e. The van der Waals surface area contributed by atoms with Gasteiger partial charge in [0.1, 0.15) is 0 Å². The highest BCUT2D eigenvalue weighted by Crippen LogP contribution is 2.21. The van der Waals surface area contributed by atoms with Gasteiger partial charge < -0.3 is 17.7 Å². The molecule has 0 atom stereocenters. The Balaban J connectivity index is 2.59. The average molecular weight is 219 g/mol. The summed E-state index contributed by atoms with van der Waals surface area (Å²) < 4.78 is 53.7. The number of para-hydroxylation sites is 1. The normalized spacial score (nSPS) is 11.2. The first kappa shape index (κ1) is 11.6. The van der Waals surface area contributed by atoms with Crippen molar-refractivity contribution in [3.05, 3.63) is 42.1 Å². The van der Waals surface area contributed by atoms with Gasteiger partial charge in [0.2, 0.25) is 0 Å². The summed E-state index contributed by atoms with van der Waals surface area (Å²) in [5.41, 5.74) is -0.988. The third kappa shape index (κ3) is 3.30. The van der Waals surface area contributed by atoms with Crippen molar-refractivity contribution in [2.75, 3.05) is 6.61 Å². The summed E-state index contributed by atoms with van der Waals surface area (Å²) in [6, 6.07) is 5.26. The molecule has 0 spiro atoms. The van der Waals surface area contributed by atoms with Crippen molar-refractivity contribution in [3.63, 3.8) is 0 Å². The highest BCUT2D eigenvalue weighted by atomic mass is 19.4. The second kappa shape index (κ2) is 4.38. The minimum absolute atomic E-state index is 0.210. The van der Waals surface area contributed by atoms with E-state index in [1.54, 1.807) is 0 Å². The molecule has 0 aromatic heterocycles. The summed E-state index contributed by atoms with van der Waals surface area (Å²) in [4.78, 5) is 0. The van der Waals surface area contributed by atoms with Crippen LogP contribution < -0.4 is 4.74 Å². The molecule has 82 valence electrons. The molecule has 0 aliphatic carbocycles. The summed E-state index contributed by atoms with van der Waals surface area (Å²) in [6.45, 7) is -3.04. The van der Waals surface area contributed by atoms with Gasteiger partial charge in [-0.25, -0.2) is 4.39 Å². The number of hydrogen-bond acceptors (Lipinski definition) is 1. The van der Waals surface area contributed by atoms with Crippen molar-refractivity contribution in [1.82, 2.24) is 0 Å². The molecule has 0 N–H and O–H groups in total.